The molecule has 0 aliphatic carbocycles. The van der Waals surface area contributed by atoms with Crippen LogP contribution in [0.1, 0.15) is 5.56 Å². The summed E-state index contributed by atoms with van der Waals surface area (Å²) in [4.78, 5) is 2.08. The topological polar surface area (TPSA) is 58.7 Å². The summed E-state index contributed by atoms with van der Waals surface area (Å²) >= 11 is 3.47. The summed E-state index contributed by atoms with van der Waals surface area (Å²) in [5, 5.41) is 9.45. The van der Waals surface area contributed by atoms with E-state index >= 15 is 0 Å². The van der Waals surface area contributed by atoms with Crippen LogP contribution in [0.3, 0.4) is 0 Å². The molecule has 3 N–H and O–H groups in total. The van der Waals surface area contributed by atoms with Gasteiger partial charge in [0.2, 0.25) is 0 Å². The summed E-state index contributed by atoms with van der Waals surface area (Å²) in [6.07, 6.45) is 0.480. The van der Waals surface area contributed by atoms with Gasteiger partial charge in [0.25, 0.3) is 0 Å². The number of methoxy groups -OCH3 is 1. The van der Waals surface area contributed by atoms with Gasteiger partial charge < -0.3 is 20.5 Å². The minimum atomic E-state index is -0.447. The van der Waals surface area contributed by atoms with Crippen LogP contribution in [-0.2, 0) is 6.42 Å². The Morgan fingerprint density at radius 3 is 2.78 bits per heavy atom. The van der Waals surface area contributed by atoms with Crippen LogP contribution >= 0.6 is 15.9 Å². The molecule has 1 aromatic carbocycles. The van der Waals surface area contributed by atoms with Crippen molar-refractivity contribution in [3.05, 3.63) is 28.2 Å². The molecule has 0 aliphatic heterocycles. The van der Waals surface area contributed by atoms with E-state index in [1.54, 1.807) is 7.11 Å². The predicted octanol–water partition coefficient (Wildman–Crippen LogP) is 1.25. The van der Waals surface area contributed by atoms with Crippen molar-refractivity contribution in [2.75, 3.05) is 33.8 Å². The van der Waals surface area contributed by atoms with Gasteiger partial charge in [-0.25, -0.2) is 0 Å². The molecule has 0 bridgehead atoms. The number of hydrogen-bond acceptors (Lipinski definition) is 4. The smallest absolute Gasteiger partial charge is 0.133 e. The number of rotatable bonds is 7. The summed E-state index contributed by atoms with van der Waals surface area (Å²) in [6.45, 7) is 1.79. The largest absolute Gasteiger partial charge is 0.496 e. The van der Waals surface area contributed by atoms with E-state index in [0.29, 0.717) is 13.1 Å². The fourth-order valence-corrected chi connectivity index (χ4v) is 2.30. The van der Waals surface area contributed by atoms with Crippen LogP contribution in [0.15, 0.2) is 22.7 Å². The molecule has 5 heteroatoms. The van der Waals surface area contributed by atoms with Gasteiger partial charge in [-0.1, -0.05) is 6.07 Å². The van der Waals surface area contributed by atoms with Gasteiger partial charge in [0.1, 0.15) is 5.75 Å². The maximum Gasteiger partial charge on any atom is 0.133 e. The maximum atomic E-state index is 9.45. The number of aliphatic hydroxyl groups is 1. The second kappa shape index (κ2) is 7.74. The highest BCUT2D eigenvalue weighted by atomic mass is 79.9. The minimum Gasteiger partial charge on any atom is -0.496 e. The van der Waals surface area contributed by atoms with Crippen LogP contribution < -0.4 is 10.5 Å². The number of halogens is 1. The van der Waals surface area contributed by atoms with Crippen molar-refractivity contribution >= 4 is 15.9 Å². The van der Waals surface area contributed by atoms with E-state index in [1.165, 1.54) is 5.56 Å². The fourth-order valence-electron chi connectivity index (χ4n) is 1.71. The summed E-state index contributed by atoms with van der Waals surface area (Å²) in [5.74, 6) is 0.839. The van der Waals surface area contributed by atoms with Crippen molar-refractivity contribution in [1.29, 1.82) is 0 Å². The second-order valence-electron chi connectivity index (χ2n) is 4.37. The molecular weight excluding hydrogens is 296 g/mol. The second-order valence-corrected chi connectivity index (χ2v) is 5.23. The number of nitrogens with zero attached hydrogens (tertiary/aromatic N) is 1. The molecule has 0 saturated carbocycles. The van der Waals surface area contributed by atoms with Crippen LogP contribution in [-0.4, -0.2) is 49.9 Å². The van der Waals surface area contributed by atoms with Gasteiger partial charge in [-0.3, -0.25) is 0 Å². The molecule has 18 heavy (non-hydrogen) atoms. The Morgan fingerprint density at radius 2 is 2.22 bits per heavy atom. The van der Waals surface area contributed by atoms with Crippen LogP contribution in [0.25, 0.3) is 0 Å². The first-order chi connectivity index (χ1) is 8.56. The molecule has 1 aromatic rings. The van der Waals surface area contributed by atoms with Crippen molar-refractivity contribution in [2.45, 2.75) is 12.5 Å². The Hall–Kier alpha value is -0.620. The molecule has 0 spiro atoms. The first kappa shape index (κ1) is 15.4. The SMILES string of the molecule is COc1ccc(CCN(C)CC(O)CN)cc1Br. The van der Waals surface area contributed by atoms with Crippen molar-refractivity contribution in [3.8, 4) is 5.75 Å². The average Bonchev–Trinajstić information content (AvgIpc) is 2.36. The fraction of sp³-hybridized carbons (Fsp3) is 0.538. The lowest BCUT2D eigenvalue weighted by Gasteiger charge is -2.19. The van der Waals surface area contributed by atoms with Crippen molar-refractivity contribution in [2.24, 2.45) is 5.73 Å². The summed E-state index contributed by atoms with van der Waals surface area (Å²) in [6, 6.07) is 6.07. The zero-order chi connectivity index (χ0) is 13.5. The molecule has 0 fully saturated rings. The molecule has 1 unspecified atom stereocenters. The van der Waals surface area contributed by atoms with Crippen LogP contribution in [0.2, 0.25) is 0 Å². The molecule has 0 aliphatic rings. The third-order valence-corrected chi connectivity index (χ3v) is 3.41. The van der Waals surface area contributed by atoms with Gasteiger partial charge in [0.15, 0.2) is 0 Å². The highest BCUT2D eigenvalue weighted by Crippen LogP contribution is 2.25. The highest BCUT2D eigenvalue weighted by Gasteiger charge is 2.07. The maximum absolute atomic E-state index is 9.45. The Kier molecular flexibility index (Phi) is 6.63. The van der Waals surface area contributed by atoms with E-state index in [9.17, 15) is 5.11 Å². The van der Waals surface area contributed by atoms with Crippen LogP contribution in [0.5, 0.6) is 5.75 Å². The molecule has 0 aromatic heterocycles. The molecule has 4 nitrogen and oxygen atoms in total. The molecule has 1 rings (SSSR count). The van der Waals surface area contributed by atoms with Gasteiger partial charge >= 0.3 is 0 Å². The zero-order valence-electron chi connectivity index (χ0n) is 10.9. The summed E-state index contributed by atoms with van der Waals surface area (Å²) < 4.78 is 6.15. The van der Waals surface area contributed by atoms with Crippen molar-refractivity contribution in [1.82, 2.24) is 4.90 Å². The molecule has 0 saturated heterocycles. The number of ether oxygens (including phenoxy) is 1. The normalized spacial score (nSPS) is 12.8. The Balaban J connectivity index is 2.46. The Labute approximate surface area is 117 Å². The van der Waals surface area contributed by atoms with E-state index < -0.39 is 6.10 Å². The van der Waals surface area contributed by atoms with Gasteiger partial charge in [-0.15, -0.1) is 0 Å². The zero-order valence-corrected chi connectivity index (χ0v) is 12.5. The minimum absolute atomic E-state index is 0.304. The number of benzene rings is 1. The van der Waals surface area contributed by atoms with Gasteiger partial charge in [0, 0.05) is 19.6 Å². The Morgan fingerprint density at radius 1 is 1.50 bits per heavy atom. The summed E-state index contributed by atoms with van der Waals surface area (Å²) in [5.41, 5.74) is 6.62. The quantitative estimate of drug-likeness (QED) is 0.795. The first-order valence-electron chi connectivity index (χ1n) is 5.96. The lowest BCUT2D eigenvalue weighted by molar-refractivity contribution is 0.133. The van der Waals surface area contributed by atoms with E-state index in [0.717, 1.165) is 23.2 Å². The number of hydrogen-bond donors (Lipinski definition) is 2. The lowest BCUT2D eigenvalue weighted by atomic mass is 10.1. The van der Waals surface area contributed by atoms with E-state index in [1.807, 2.05) is 13.1 Å². The Bertz CT molecular complexity index is 374. The van der Waals surface area contributed by atoms with Crippen molar-refractivity contribution in [3.63, 3.8) is 0 Å². The van der Waals surface area contributed by atoms with E-state index in [4.69, 9.17) is 10.5 Å². The molecule has 102 valence electrons. The first-order valence-corrected chi connectivity index (χ1v) is 6.75. The van der Waals surface area contributed by atoms with Crippen LogP contribution in [0, 0.1) is 0 Å². The number of nitrogens with two attached hydrogens (primary N) is 1. The van der Waals surface area contributed by atoms with E-state index in [2.05, 4.69) is 33.0 Å². The molecule has 0 amide bonds. The third-order valence-electron chi connectivity index (χ3n) is 2.79. The lowest BCUT2D eigenvalue weighted by Crippen LogP contribution is -2.35. The monoisotopic (exact) mass is 316 g/mol. The standard InChI is InChI=1S/C13H21BrN2O2/c1-16(9-11(17)8-15)6-5-10-3-4-13(18-2)12(14)7-10/h3-4,7,11,17H,5-6,8-9,15H2,1-2H3. The van der Waals surface area contributed by atoms with Gasteiger partial charge in [0.05, 0.1) is 17.7 Å². The number of aliphatic hydroxyl groups excluding tert-OH is 1. The third kappa shape index (κ3) is 4.94. The molecular formula is C13H21BrN2O2. The van der Waals surface area contributed by atoms with Gasteiger partial charge in [-0.05, 0) is 47.1 Å². The van der Waals surface area contributed by atoms with Crippen LogP contribution in [0.4, 0.5) is 0 Å². The van der Waals surface area contributed by atoms with E-state index in [-0.39, 0.29) is 0 Å². The molecule has 1 atom stereocenters. The van der Waals surface area contributed by atoms with Crippen molar-refractivity contribution < 1.29 is 9.84 Å². The molecule has 0 heterocycles. The molecule has 0 radical (unpaired) electrons. The highest BCUT2D eigenvalue weighted by molar-refractivity contribution is 9.10. The predicted molar refractivity (Wildman–Crippen MR) is 77.0 cm³/mol. The number of likely N-dealkylation sites (N-methyl/N-ethyl adjacent to an activating group) is 1. The average molecular weight is 317 g/mol. The summed E-state index contributed by atoms with van der Waals surface area (Å²) in [7, 11) is 3.64. The van der Waals surface area contributed by atoms with Gasteiger partial charge in [-0.2, -0.15) is 0 Å².